The van der Waals surface area contributed by atoms with Crippen molar-refractivity contribution in [3.8, 4) is 0 Å². The molecule has 2 aromatic heterocycles. The molecule has 0 spiro atoms. The molecule has 0 saturated heterocycles. The van der Waals surface area contributed by atoms with Crippen LogP contribution < -0.4 is 5.32 Å². The van der Waals surface area contributed by atoms with Crippen LogP contribution >= 0.6 is 0 Å². The van der Waals surface area contributed by atoms with E-state index in [4.69, 9.17) is 0 Å². The van der Waals surface area contributed by atoms with Gasteiger partial charge in [0.2, 0.25) is 0 Å². The fourth-order valence-electron chi connectivity index (χ4n) is 2.64. The lowest BCUT2D eigenvalue weighted by Crippen LogP contribution is -2.28. The molecule has 2 aromatic rings. The van der Waals surface area contributed by atoms with Crippen LogP contribution in [0.3, 0.4) is 0 Å². The van der Waals surface area contributed by atoms with Gasteiger partial charge < -0.3 is 5.32 Å². The van der Waals surface area contributed by atoms with Crippen molar-refractivity contribution >= 4 is 5.82 Å². The Morgan fingerprint density at radius 3 is 3.17 bits per heavy atom. The molecule has 18 heavy (non-hydrogen) atoms. The molecule has 4 nitrogen and oxygen atoms in total. The molecule has 0 radical (unpaired) electrons. The Morgan fingerprint density at radius 2 is 2.39 bits per heavy atom. The summed E-state index contributed by atoms with van der Waals surface area (Å²) in [5.41, 5.74) is 2.80. The van der Waals surface area contributed by atoms with Crippen LogP contribution in [-0.4, -0.2) is 20.8 Å². The van der Waals surface area contributed by atoms with Crippen LogP contribution in [0, 0.1) is 0 Å². The van der Waals surface area contributed by atoms with Crippen LogP contribution in [0.4, 0.5) is 5.82 Å². The zero-order valence-electron chi connectivity index (χ0n) is 10.6. The van der Waals surface area contributed by atoms with Crippen molar-refractivity contribution in [2.24, 2.45) is 0 Å². The number of hydrogen-bond donors (Lipinski definition) is 1. The van der Waals surface area contributed by atoms with E-state index in [0.717, 1.165) is 31.6 Å². The van der Waals surface area contributed by atoms with Gasteiger partial charge in [0.25, 0.3) is 0 Å². The Balaban J connectivity index is 1.72. The number of aromatic nitrogens is 3. The van der Waals surface area contributed by atoms with Crippen molar-refractivity contribution in [3.05, 3.63) is 41.9 Å². The number of nitrogens with zero attached hydrogens (tertiary/aromatic N) is 3. The molecule has 4 heteroatoms. The highest BCUT2D eigenvalue weighted by Gasteiger charge is 2.21. The summed E-state index contributed by atoms with van der Waals surface area (Å²) in [7, 11) is 0. The molecule has 1 aliphatic rings. The highest BCUT2D eigenvalue weighted by Crippen LogP contribution is 2.23. The molecule has 1 aliphatic carbocycles. The first-order valence-corrected chi connectivity index (χ1v) is 6.58. The van der Waals surface area contributed by atoms with Crippen LogP contribution in [-0.2, 0) is 19.4 Å². The van der Waals surface area contributed by atoms with Crippen LogP contribution in [0.25, 0.3) is 0 Å². The minimum Gasteiger partial charge on any atom is -0.367 e. The van der Waals surface area contributed by atoms with Gasteiger partial charge in [0.15, 0.2) is 0 Å². The van der Waals surface area contributed by atoms with Crippen molar-refractivity contribution in [2.75, 3.05) is 5.32 Å². The van der Waals surface area contributed by atoms with E-state index in [1.165, 1.54) is 11.3 Å². The average molecular weight is 242 g/mol. The Kier molecular flexibility index (Phi) is 3.00. The normalized spacial score (nSPS) is 18.4. The molecule has 0 amide bonds. The third-order valence-electron chi connectivity index (χ3n) is 3.55. The molecule has 0 aliphatic heterocycles. The quantitative estimate of drug-likeness (QED) is 0.897. The molecule has 0 fully saturated rings. The highest BCUT2D eigenvalue weighted by atomic mass is 15.3. The number of aryl methyl sites for hydroxylation is 1. The van der Waals surface area contributed by atoms with Gasteiger partial charge >= 0.3 is 0 Å². The molecule has 0 bridgehead atoms. The maximum Gasteiger partial charge on any atom is 0.126 e. The molecule has 0 saturated carbocycles. The molecular weight excluding hydrogens is 224 g/mol. The summed E-state index contributed by atoms with van der Waals surface area (Å²) in [6.07, 6.45) is 7.14. The standard InChI is InChI=1S/C14H18N4/c1-2-18-13-7-6-12(9-11(13)10-16-18)17-14-5-3-4-8-15-14/h3-5,8,10,12H,2,6-7,9H2,1H3,(H,15,17). The fourth-order valence-corrected chi connectivity index (χ4v) is 2.64. The number of rotatable bonds is 3. The van der Waals surface area contributed by atoms with E-state index in [0.29, 0.717) is 6.04 Å². The van der Waals surface area contributed by atoms with Crippen molar-refractivity contribution < 1.29 is 0 Å². The summed E-state index contributed by atoms with van der Waals surface area (Å²) < 4.78 is 2.12. The summed E-state index contributed by atoms with van der Waals surface area (Å²) in [5.74, 6) is 0.967. The van der Waals surface area contributed by atoms with Crippen LogP contribution in [0.15, 0.2) is 30.6 Å². The van der Waals surface area contributed by atoms with E-state index in [1.54, 1.807) is 0 Å². The van der Waals surface area contributed by atoms with Crippen molar-refractivity contribution in [1.29, 1.82) is 0 Å². The predicted octanol–water partition coefficient (Wildman–Crippen LogP) is 2.27. The van der Waals surface area contributed by atoms with E-state index in [1.807, 2.05) is 30.6 Å². The Morgan fingerprint density at radius 1 is 1.44 bits per heavy atom. The Labute approximate surface area is 107 Å². The summed E-state index contributed by atoms with van der Waals surface area (Å²) in [5, 5.41) is 7.93. The molecule has 1 N–H and O–H groups in total. The number of nitrogens with one attached hydrogen (secondary N) is 1. The van der Waals surface area contributed by atoms with E-state index < -0.39 is 0 Å². The number of fused-ring (bicyclic) bond motifs is 1. The zero-order chi connectivity index (χ0) is 12.4. The van der Waals surface area contributed by atoms with Crippen molar-refractivity contribution in [3.63, 3.8) is 0 Å². The first kappa shape index (κ1) is 11.3. The third-order valence-corrected chi connectivity index (χ3v) is 3.55. The second-order valence-electron chi connectivity index (χ2n) is 4.73. The molecule has 94 valence electrons. The number of hydrogen-bond acceptors (Lipinski definition) is 3. The lowest BCUT2D eigenvalue weighted by molar-refractivity contribution is 0.553. The minimum atomic E-state index is 0.474. The smallest absolute Gasteiger partial charge is 0.126 e. The van der Waals surface area contributed by atoms with E-state index in [-0.39, 0.29) is 0 Å². The highest BCUT2D eigenvalue weighted by molar-refractivity contribution is 5.36. The minimum absolute atomic E-state index is 0.474. The average Bonchev–Trinajstić information content (AvgIpc) is 2.82. The van der Waals surface area contributed by atoms with Gasteiger partial charge in [-0.05, 0) is 43.9 Å². The second-order valence-corrected chi connectivity index (χ2v) is 4.73. The topological polar surface area (TPSA) is 42.7 Å². The molecule has 3 rings (SSSR count). The number of pyridine rings is 1. The Bertz CT molecular complexity index is 518. The van der Waals surface area contributed by atoms with Crippen molar-refractivity contribution in [1.82, 2.24) is 14.8 Å². The molecule has 0 aromatic carbocycles. The summed E-state index contributed by atoms with van der Waals surface area (Å²) in [6.45, 7) is 3.11. The van der Waals surface area contributed by atoms with Gasteiger partial charge in [-0.2, -0.15) is 5.10 Å². The number of anilines is 1. The van der Waals surface area contributed by atoms with Gasteiger partial charge in [0, 0.05) is 24.5 Å². The molecular formula is C14H18N4. The van der Waals surface area contributed by atoms with Crippen LogP contribution in [0.1, 0.15) is 24.6 Å². The SMILES string of the molecule is CCn1ncc2c1CCC(Nc1ccccn1)C2. The second kappa shape index (κ2) is 4.80. The summed E-state index contributed by atoms with van der Waals surface area (Å²) >= 11 is 0. The van der Waals surface area contributed by atoms with Crippen molar-refractivity contribution in [2.45, 2.75) is 38.8 Å². The van der Waals surface area contributed by atoms with Gasteiger partial charge in [0.1, 0.15) is 5.82 Å². The van der Waals surface area contributed by atoms with Crippen LogP contribution in [0.2, 0.25) is 0 Å². The predicted molar refractivity (Wildman–Crippen MR) is 71.6 cm³/mol. The summed E-state index contributed by atoms with van der Waals surface area (Å²) in [4.78, 5) is 4.32. The lowest BCUT2D eigenvalue weighted by atomic mass is 9.93. The first-order chi connectivity index (χ1) is 8.86. The van der Waals surface area contributed by atoms with Gasteiger partial charge in [-0.3, -0.25) is 4.68 Å². The van der Waals surface area contributed by atoms with Gasteiger partial charge in [-0.15, -0.1) is 0 Å². The molecule has 1 unspecified atom stereocenters. The monoisotopic (exact) mass is 242 g/mol. The Hall–Kier alpha value is -1.84. The molecule has 2 heterocycles. The maximum atomic E-state index is 4.43. The lowest BCUT2D eigenvalue weighted by Gasteiger charge is -2.24. The maximum absolute atomic E-state index is 4.43. The van der Waals surface area contributed by atoms with Gasteiger partial charge in [-0.25, -0.2) is 4.98 Å². The van der Waals surface area contributed by atoms with E-state index >= 15 is 0 Å². The summed E-state index contributed by atoms with van der Waals surface area (Å²) in [6, 6.07) is 6.45. The molecule has 1 atom stereocenters. The third kappa shape index (κ3) is 2.10. The van der Waals surface area contributed by atoms with Gasteiger partial charge in [-0.1, -0.05) is 6.07 Å². The first-order valence-electron chi connectivity index (χ1n) is 6.58. The zero-order valence-corrected chi connectivity index (χ0v) is 10.6. The fraction of sp³-hybridized carbons (Fsp3) is 0.429. The largest absolute Gasteiger partial charge is 0.367 e. The van der Waals surface area contributed by atoms with Crippen LogP contribution in [0.5, 0.6) is 0 Å². The van der Waals surface area contributed by atoms with Gasteiger partial charge in [0.05, 0.1) is 6.20 Å². The van der Waals surface area contributed by atoms with E-state index in [9.17, 15) is 0 Å². The van der Waals surface area contributed by atoms with E-state index in [2.05, 4.69) is 27.0 Å².